The van der Waals surface area contributed by atoms with Gasteiger partial charge in [0.2, 0.25) is 0 Å². The molecule has 0 aliphatic heterocycles. The van der Waals surface area contributed by atoms with Crippen LogP contribution in [0, 0.1) is 0 Å². The van der Waals surface area contributed by atoms with E-state index in [0.717, 1.165) is 40.7 Å². The average molecular weight is 382 g/mol. The van der Waals surface area contributed by atoms with Gasteiger partial charge in [-0.05, 0) is 60.4 Å². The van der Waals surface area contributed by atoms with Crippen LogP contribution in [-0.4, -0.2) is 15.5 Å². The molecule has 3 aromatic carbocycles. The maximum atomic E-state index is 12.9. The van der Waals surface area contributed by atoms with Crippen LogP contribution in [0.4, 0.5) is 0 Å². The number of nitrogens with two attached hydrogens (primary N) is 1. The minimum absolute atomic E-state index is 0.00392. The molecule has 0 saturated heterocycles. The highest BCUT2D eigenvalue weighted by molar-refractivity contribution is 5.94. The van der Waals surface area contributed by atoms with Crippen LogP contribution in [0.1, 0.15) is 46.4 Å². The summed E-state index contributed by atoms with van der Waals surface area (Å²) >= 11 is 0. The largest absolute Gasteiger partial charge is 0.345 e. The van der Waals surface area contributed by atoms with Crippen molar-refractivity contribution in [2.24, 2.45) is 5.73 Å². The number of fused-ring (bicyclic) bond motifs is 2. The van der Waals surface area contributed by atoms with Gasteiger partial charge in [-0.1, -0.05) is 36.4 Å². The fourth-order valence-corrected chi connectivity index (χ4v) is 4.15. The normalized spacial score (nSPS) is 18.4. The van der Waals surface area contributed by atoms with Crippen LogP contribution in [0.15, 0.2) is 79.1 Å². The van der Waals surface area contributed by atoms with E-state index in [1.807, 2.05) is 71.6 Å². The summed E-state index contributed by atoms with van der Waals surface area (Å²) in [5.74, 6) is -0.0673. The molecule has 0 fully saturated rings. The number of hydrogen-bond donors (Lipinski definition) is 2. The lowest BCUT2D eigenvalue weighted by Gasteiger charge is -2.30. The van der Waals surface area contributed by atoms with E-state index >= 15 is 0 Å². The van der Waals surface area contributed by atoms with Crippen molar-refractivity contribution in [3.05, 3.63) is 95.8 Å². The van der Waals surface area contributed by atoms with Crippen molar-refractivity contribution in [2.75, 3.05) is 0 Å². The topological polar surface area (TPSA) is 72.9 Å². The summed E-state index contributed by atoms with van der Waals surface area (Å²) in [6.45, 7) is 0. The van der Waals surface area contributed by atoms with Gasteiger partial charge in [0.05, 0.1) is 17.1 Å². The molecule has 0 saturated carbocycles. The van der Waals surface area contributed by atoms with E-state index in [9.17, 15) is 4.79 Å². The molecule has 1 aliphatic carbocycles. The number of carbonyl (C=O) groups excluding carboxylic acids is 1. The molecular formula is C24H22N4O. The van der Waals surface area contributed by atoms with Crippen LogP contribution in [-0.2, 0) is 0 Å². The number of amides is 1. The lowest BCUT2D eigenvalue weighted by Crippen LogP contribution is -2.33. The molecule has 5 rings (SSSR count). The smallest absolute Gasteiger partial charge is 0.251 e. The molecule has 0 bridgehead atoms. The van der Waals surface area contributed by atoms with E-state index in [1.54, 1.807) is 0 Å². The molecule has 0 spiro atoms. The Morgan fingerprint density at radius 2 is 1.66 bits per heavy atom. The summed E-state index contributed by atoms with van der Waals surface area (Å²) in [7, 11) is 0. The summed E-state index contributed by atoms with van der Waals surface area (Å²) in [6, 6.07) is 23.8. The Labute approximate surface area is 169 Å². The minimum Gasteiger partial charge on any atom is -0.345 e. The van der Waals surface area contributed by atoms with Gasteiger partial charge < -0.3 is 11.1 Å². The summed E-state index contributed by atoms with van der Waals surface area (Å²) in [5, 5.41) is 3.18. The summed E-state index contributed by atoms with van der Waals surface area (Å²) < 4.78 is 2.02. The SMILES string of the molecule is NC1CCC(NC(=O)c2ccc(-n3cnc4ccccc43)cc2)c2ccccc21. The third kappa shape index (κ3) is 3.19. The van der Waals surface area contributed by atoms with Crippen molar-refractivity contribution in [3.63, 3.8) is 0 Å². The van der Waals surface area contributed by atoms with E-state index in [2.05, 4.69) is 22.4 Å². The molecule has 29 heavy (non-hydrogen) atoms. The van der Waals surface area contributed by atoms with Crippen molar-refractivity contribution in [2.45, 2.75) is 24.9 Å². The molecule has 5 heteroatoms. The Kier molecular flexibility index (Phi) is 4.37. The first-order valence-corrected chi connectivity index (χ1v) is 9.88. The molecule has 2 atom stereocenters. The summed E-state index contributed by atoms with van der Waals surface area (Å²) in [4.78, 5) is 17.3. The summed E-state index contributed by atoms with van der Waals surface area (Å²) in [5.41, 5.74) is 12.1. The monoisotopic (exact) mass is 382 g/mol. The van der Waals surface area contributed by atoms with Gasteiger partial charge in [-0.3, -0.25) is 9.36 Å². The maximum Gasteiger partial charge on any atom is 0.251 e. The predicted octanol–water partition coefficient (Wildman–Crippen LogP) is 4.29. The first kappa shape index (κ1) is 17.6. The zero-order valence-electron chi connectivity index (χ0n) is 16.0. The van der Waals surface area contributed by atoms with Crippen molar-refractivity contribution in [3.8, 4) is 5.69 Å². The predicted molar refractivity (Wildman–Crippen MR) is 114 cm³/mol. The van der Waals surface area contributed by atoms with Gasteiger partial charge in [0, 0.05) is 17.3 Å². The Morgan fingerprint density at radius 3 is 2.48 bits per heavy atom. The van der Waals surface area contributed by atoms with Crippen LogP contribution in [0.2, 0.25) is 0 Å². The quantitative estimate of drug-likeness (QED) is 0.555. The standard InChI is InChI=1S/C24H22N4O/c25-20-13-14-21(19-6-2-1-5-18(19)20)27-24(29)16-9-11-17(12-10-16)28-15-26-22-7-3-4-8-23(22)28/h1-12,15,20-21H,13-14,25H2,(H,27,29). The van der Waals surface area contributed by atoms with Crippen LogP contribution in [0.3, 0.4) is 0 Å². The average Bonchev–Trinajstić information content (AvgIpc) is 3.20. The van der Waals surface area contributed by atoms with Gasteiger partial charge in [0.15, 0.2) is 0 Å². The van der Waals surface area contributed by atoms with Gasteiger partial charge in [-0.15, -0.1) is 0 Å². The number of nitrogens with zero attached hydrogens (tertiary/aromatic N) is 2. The van der Waals surface area contributed by atoms with Gasteiger partial charge in [-0.25, -0.2) is 4.98 Å². The van der Waals surface area contributed by atoms with Gasteiger partial charge in [0.1, 0.15) is 6.33 Å². The molecule has 4 aromatic rings. The van der Waals surface area contributed by atoms with Crippen molar-refractivity contribution in [1.29, 1.82) is 0 Å². The number of imidazole rings is 1. The molecule has 1 heterocycles. The molecule has 3 N–H and O–H groups in total. The fourth-order valence-electron chi connectivity index (χ4n) is 4.15. The first-order chi connectivity index (χ1) is 14.2. The number of carbonyl (C=O) groups is 1. The highest BCUT2D eigenvalue weighted by Gasteiger charge is 2.26. The van der Waals surface area contributed by atoms with Crippen LogP contribution < -0.4 is 11.1 Å². The van der Waals surface area contributed by atoms with E-state index in [-0.39, 0.29) is 18.0 Å². The molecule has 1 amide bonds. The van der Waals surface area contributed by atoms with Gasteiger partial charge in [0.25, 0.3) is 5.91 Å². The van der Waals surface area contributed by atoms with Crippen molar-refractivity contribution in [1.82, 2.24) is 14.9 Å². The minimum atomic E-state index is -0.0673. The zero-order valence-corrected chi connectivity index (χ0v) is 16.0. The Bertz CT molecular complexity index is 1180. The molecule has 1 aliphatic rings. The van der Waals surface area contributed by atoms with Crippen molar-refractivity contribution < 1.29 is 4.79 Å². The summed E-state index contributed by atoms with van der Waals surface area (Å²) in [6.07, 6.45) is 3.53. The number of hydrogen-bond acceptors (Lipinski definition) is 3. The Hall–Kier alpha value is -3.44. The Balaban J connectivity index is 1.37. The number of para-hydroxylation sites is 2. The highest BCUT2D eigenvalue weighted by Crippen LogP contribution is 2.34. The molecule has 0 radical (unpaired) electrons. The van der Waals surface area contributed by atoms with Gasteiger partial charge in [-0.2, -0.15) is 0 Å². The number of benzene rings is 3. The maximum absolute atomic E-state index is 12.9. The highest BCUT2D eigenvalue weighted by atomic mass is 16.1. The van der Waals surface area contributed by atoms with Crippen LogP contribution in [0.25, 0.3) is 16.7 Å². The second kappa shape index (κ2) is 7.18. The number of aromatic nitrogens is 2. The van der Waals surface area contributed by atoms with Crippen LogP contribution >= 0.6 is 0 Å². The lowest BCUT2D eigenvalue weighted by molar-refractivity contribution is 0.0931. The lowest BCUT2D eigenvalue weighted by atomic mass is 9.84. The fraction of sp³-hybridized carbons (Fsp3) is 0.167. The number of rotatable bonds is 3. The van der Waals surface area contributed by atoms with Gasteiger partial charge >= 0.3 is 0 Å². The third-order valence-corrected chi connectivity index (χ3v) is 5.70. The molecular weight excluding hydrogens is 360 g/mol. The third-order valence-electron chi connectivity index (χ3n) is 5.70. The zero-order chi connectivity index (χ0) is 19.8. The second-order valence-electron chi connectivity index (χ2n) is 7.49. The van der Waals surface area contributed by atoms with E-state index in [4.69, 9.17) is 5.73 Å². The van der Waals surface area contributed by atoms with E-state index in [1.165, 1.54) is 0 Å². The molecule has 1 aromatic heterocycles. The first-order valence-electron chi connectivity index (χ1n) is 9.88. The second-order valence-corrected chi connectivity index (χ2v) is 7.49. The van der Waals surface area contributed by atoms with E-state index in [0.29, 0.717) is 5.56 Å². The van der Waals surface area contributed by atoms with Crippen LogP contribution in [0.5, 0.6) is 0 Å². The molecule has 2 unspecified atom stereocenters. The Morgan fingerprint density at radius 1 is 0.931 bits per heavy atom. The molecule has 5 nitrogen and oxygen atoms in total. The number of nitrogens with one attached hydrogen (secondary N) is 1. The van der Waals surface area contributed by atoms with E-state index < -0.39 is 0 Å². The molecule has 144 valence electrons. The van der Waals surface area contributed by atoms with Crippen molar-refractivity contribution >= 4 is 16.9 Å².